The molecule has 0 aliphatic heterocycles. The smallest absolute Gasteiger partial charge is 0.0709 e. The highest BCUT2D eigenvalue weighted by Crippen LogP contribution is 2.29. The Bertz CT molecular complexity index is 661. The zero-order valence-electron chi connectivity index (χ0n) is 10.6. The standard InChI is InChI=1S/C14H14N4S/c1-2-16-14(13-9-17-18-19-13)12-5-3-4-10-8-15-7-6-11(10)12/h3-9,14,16H,2H2,1H3. The van der Waals surface area contributed by atoms with Gasteiger partial charge in [-0.1, -0.05) is 29.6 Å². The van der Waals surface area contributed by atoms with Gasteiger partial charge < -0.3 is 5.32 Å². The van der Waals surface area contributed by atoms with Crippen LogP contribution in [-0.2, 0) is 0 Å². The van der Waals surface area contributed by atoms with Crippen molar-refractivity contribution < 1.29 is 0 Å². The van der Waals surface area contributed by atoms with Gasteiger partial charge >= 0.3 is 0 Å². The Balaban J connectivity index is 2.15. The lowest BCUT2D eigenvalue weighted by Crippen LogP contribution is -2.21. The predicted octanol–water partition coefficient (Wildman–Crippen LogP) is 2.79. The van der Waals surface area contributed by atoms with E-state index in [9.17, 15) is 0 Å². The van der Waals surface area contributed by atoms with Crippen LogP contribution in [0.3, 0.4) is 0 Å². The second kappa shape index (κ2) is 5.42. The Kier molecular flexibility index (Phi) is 3.48. The maximum atomic E-state index is 4.18. The summed E-state index contributed by atoms with van der Waals surface area (Å²) in [5.41, 5.74) is 1.24. The number of rotatable bonds is 4. The van der Waals surface area contributed by atoms with Crippen LogP contribution in [0, 0.1) is 0 Å². The third-order valence-electron chi connectivity index (χ3n) is 3.10. The van der Waals surface area contributed by atoms with Gasteiger partial charge in [0.2, 0.25) is 0 Å². The molecule has 0 saturated carbocycles. The summed E-state index contributed by atoms with van der Waals surface area (Å²) in [6.45, 7) is 3.00. The summed E-state index contributed by atoms with van der Waals surface area (Å²) >= 11 is 1.44. The molecule has 4 nitrogen and oxygen atoms in total. The molecule has 96 valence electrons. The van der Waals surface area contributed by atoms with E-state index in [-0.39, 0.29) is 6.04 Å². The minimum atomic E-state index is 0.135. The maximum absolute atomic E-state index is 4.18. The van der Waals surface area contributed by atoms with Crippen LogP contribution in [0.1, 0.15) is 23.4 Å². The number of nitrogens with one attached hydrogen (secondary N) is 1. The highest BCUT2D eigenvalue weighted by atomic mass is 32.1. The molecule has 1 aromatic carbocycles. The molecule has 3 aromatic rings. The van der Waals surface area contributed by atoms with Crippen molar-refractivity contribution in [3.05, 3.63) is 53.3 Å². The summed E-state index contributed by atoms with van der Waals surface area (Å²) in [5.74, 6) is 0. The van der Waals surface area contributed by atoms with E-state index >= 15 is 0 Å². The summed E-state index contributed by atoms with van der Waals surface area (Å²) in [6, 6.07) is 8.49. The minimum Gasteiger partial charge on any atom is -0.306 e. The zero-order chi connectivity index (χ0) is 13.1. The summed E-state index contributed by atoms with van der Waals surface area (Å²) in [5, 5.41) is 9.82. The number of fused-ring (bicyclic) bond motifs is 1. The molecule has 2 heterocycles. The summed E-state index contributed by atoms with van der Waals surface area (Å²) in [7, 11) is 0. The van der Waals surface area contributed by atoms with E-state index in [1.54, 1.807) is 0 Å². The molecule has 0 bridgehead atoms. The third-order valence-corrected chi connectivity index (χ3v) is 3.82. The molecule has 0 aliphatic carbocycles. The van der Waals surface area contributed by atoms with Gasteiger partial charge in [-0.3, -0.25) is 4.98 Å². The quantitative estimate of drug-likeness (QED) is 0.792. The Labute approximate surface area is 115 Å². The Morgan fingerprint density at radius 1 is 1.26 bits per heavy atom. The summed E-state index contributed by atoms with van der Waals surface area (Å²) in [4.78, 5) is 5.31. The third kappa shape index (κ3) is 2.34. The molecule has 2 aromatic heterocycles. The van der Waals surface area contributed by atoms with Gasteiger partial charge in [0.25, 0.3) is 0 Å². The monoisotopic (exact) mass is 270 g/mol. The van der Waals surface area contributed by atoms with E-state index in [1.165, 1.54) is 22.5 Å². The van der Waals surface area contributed by atoms with Crippen molar-refractivity contribution in [2.45, 2.75) is 13.0 Å². The molecule has 1 unspecified atom stereocenters. The Hall–Kier alpha value is -1.85. The van der Waals surface area contributed by atoms with Gasteiger partial charge in [0.1, 0.15) is 0 Å². The molecule has 3 rings (SSSR count). The molecule has 1 atom stereocenters. The van der Waals surface area contributed by atoms with Crippen molar-refractivity contribution in [2.75, 3.05) is 6.54 Å². The summed E-state index contributed by atoms with van der Waals surface area (Å²) < 4.78 is 3.97. The average molecular weight is 270 g/mol. The van der Waals surface area contributed by atoms with Crippen LogP contribution >= 0.6 is 11.5 Å². The van der Waals surface area contributed by atoms with Crippen molar-refractivity contribution >= 4 is 22.3 Å². The number of nitrogens with zero attached hydrogens (tertiary/aromatic N) is 3. The largest absolute Gasteiger partial charge is 0.306 e. The van der Waals surface area contributed by atoms with Crippen molar-refractivity contribution in [3.63, 3.8) is 0 Å². The second-order valence-electron chi connectivity index (χ2n) is 4.25. The van der Waals surface area contributed by atoms with Gasteiger partial charge in [0.15, 0.2) is 0 Å². The van der Waals surface area contributed by atoms with Gasteiger partial charge in [-0.15, -0.1) is 5.10 Å². The van der Waals surface area contributed by atoms with E-state index in [0.29, 0.717) is 0 Å². The van der Waals surface area contributed by atoms with Crippen molar-refractivity contribution in [1.29, 1.82) is 0 Å². The van der Waals surface area contributed by atoms with E-state index < -0.39 is 0 Å². The molecule has 1 N–H and O–H groups in total. The van der Waals surface area contributed by atoms with E-state index in [1.807, 2.05) is 18.6 Å². The van der Waals surface area contributed by atoms with Crippen LogP contribution < -0.4 is 5.32 Å². The van der Waals surface area contributed by atoms with Crippen LogP contribution in [0.15, 0.2) is 42.9 Å². The molecule has 19 heavy (non-hydrogen) atoms. The second-order valence-corrected chi connectivity index (χ2v) is 5.07. The molecule has 0 radical (unpaired) electrons. The van der Waals surface area contributed by atoms with E-state index in [0.717, 1.165) is 16.8 Å². The van der Waals surface area contributed by atoms with Gasteiger partial charge in [-0.05, 0) is 35.1 Å². The van der Waals surface area contributed by atoms with Gasteiger partial charge in [-0.2, -0.15) is 0 Å². The molecule has 0 fully saturated rings. The van der Waals surface area contributed by atoms with Crippen LogP contribution in [0.25, 0.3) is 10.8 Å². The first kappa shape index (κ1) is 12.2. The average Bonchev–Trinajstić information content (AvgIpc) is 2.98. The number of hydrogen-bond acceptors (Lipinski definition) is 5. The van der Waals surface area contributed by atoms with Crippen molar-refractivity contribution in [3.8, 4) is 0 Å². The first-order valence-electron chi connectivity index (χ1n) is 6.23. The highest BCUT2D eigenvalue weighted by molar-refractivity contribution is 7.05. The molecule has 0 aliphatic rings. The maximum Gasteiger partial charge on any atom is 0.0709 e. The number of benzene rings is 1. The molecule has 0 spiro atoms. The molecule has 0 saturated heterocycles. The SMILES string of the molecule is CCNC(c1cnns1)c1cccc2cnccc12. The van der Waals surface area contributed by atoms with Crippen molar-refractivity contribution in [1.82, 2.24) is 19.9 Å². The molecule has 0 amide bonds. The van der Waals surface area contributed by atoms with E-state index in [2.05, 4.69) is 51.1 Å². The fourth-order valence-corrected chi connectivity index (χ4v) is 2.87. The van der Waals surface area contributed by atoms with Crippen LogP contribution in [-0.4, -0.2) is 21.1 Å². The lowest BCUT2D eigenvalue weighted by molar-refractivity contribution is 0.642. The van der Waals surface area contributed by atoms with Crippen LogP contribution in [0.4, 0.5) is 0 Å². The molecule has 5 heteroatoms. The highest BCUT2D eigenvalue weighted by Gasteiger charge is 2.17. The Morgan fingerprint density at radius 2 is 2.21 bits per heavy atom. The fourth-order valence-electron chi connectivity index (χ4n) is 2.27. The van der Waals surface area contributed by atoms with E-state index in [4.69, 9.17) is 0 Å². The zero-order valence-corrected chi connectivity index (χ0v) is 11.4. The van der Waals surface area contributed by atoms with Gasteiger partial charge in [0.05, 0.1) is 17.1 Å². The number of pyridine rings is 1. The first-order valence-corrected chi connectivity index (χ1v) is 7.00. The lowest BCUT2D eigenvalue weighted by atomic mass is 9.99. The lowest BCUT2D eigenvalue weighted by Gasteiger charge is -2.18. The predicted molar refractivity (Wildman–Crippen MR) is 77.2 cm³/mol. The number of hydrogen-bond donors (Lipinski definition) is 1. The van der Waals surface area contributed by atoms with Gasteiger partial charge in [-0.25, -0.2) is 0 Å². The van der Waals surface area contributed by atoms with Crippen LogP contribution in [0.2, 0.25) is 0 Å². The minimum absolute atomic E-state index is 0.135. The Morgan fingerprint density at radius 3 is 3.00 bits per heavy atom. The molecular formula is C14H14N4S. The topological polar surface area (TPSA) is 50.7 Å². The fraction of sp³-hybridized carbons (Fsp3) is 0.214. The summed E-state index contributed by atoms with van der Waals surface area (Å²) in [6.07, 6.45) is 5.56. The van der Waals surface area contributed by atoms with Gasteiger partial charge in [0, 0.05) is 17.8 Å². The van der Waals surface area contributed by atoms with Crippen molar-refractivity contribution in [2.24, 2.45) is 0 Å². The number of aromatic nitrogens is 3. The van der Waals surface area contributed by atoms with Crippen LogP contribution in [0.5, 0.6) is 0 Å². The first-order chi connectivity index (χ1) is 9.40. The molecular weight excluding hydrogens is 256 g/mol. The normalized spacial score (nSPS) is 12.7.